The van der Waals surface area contributed by atoms with E-state index in [1.807, 2.05) is 31.2 Å². The molecule has 0 aliphatic carbocycles. The Labute approximate surface area is 101 Å². The first kappa shape index (κ1) is 11.8. The minimum absolute atomic E-state index is 0.203. The van der Waals surface area contributed by atoms with E-state index in [1.165, 1.54) is 0 Å². The summed E-state index contributed by atoms with van der Waals surface area (Å²) < 4.78 is 10.6. The summed E-state index contributed by atoms with van der Waals surface area (Å²) in [6.45, 7) is 4.63. The largest absolute Gasteiger partial charge is 0.489 e. The minimum Gasteiger partial charge on any atom is -0.489 e. The van der Waals surface area contributed by atoms with E-state index >= 15 is 0 Å². The lowest BCUT2D eigenvalue weighted by molar-refractivity contribution is -0.144. The van der Waals surface area contributed by atoms with Crippen molar-refractivity contribution in [1.29, 1.82) is 0 Å². The van der Waals surface area contributed by atoms with Gasteiger partial charge in [-0.05, 0) is 26.0 Å². The number of carbonyl (C=O) groups excluding carboxylic acids is 1. The topological polar surface area (TPSA) is 47.6 Å². The monoisotopic (exact) mass is 235 g/mol. The van der Waals surface area contributed by atoms with Crippen molar-refractivity contribution in [2.45, 2.75) is 25.8 Å². The summed E-state index contributed by atoms with van der Waals surface area (Å²) in [6.07, 6.45) is 0.301. The summed E-state index contributed by atoms with van der Waals surface area (Å²) in [5.41, 5.74) is 0.520. The van der Waals surface area contributed by atoms with Crippen molar-refractivity contribution in [3.63, 3.8) is 0 Å². The zero-order chi connectivity index (χ0) is 12.3. The van der Waals surface area contributed by atoms with Gasteiger partial charge in [0.05, 0.1) is 24.3 Å². The molecule has 0 aromatic heterocycles. The van der Waals surface area contributed by atoms with Gasteiger partial charge in [0.1, 0.15) is 12.4 Å². The second-order valence-electron chi connectivity index (χ2n) is 4.45. The SMILES string of the molecule is CCOC(=O)C[C@]1(C)COc2ccccc2N1. The first-order valence-corrected chi connectivity index (χ1v) is 5.78. The quantitative estimate of drug-likeness (QED) is 0.816. The number of benzene rings is 1. The number of hydrogen-bond acceptors (Lipinski definition) is 4. The fourth-order valence-electron chi connectivity index (χ4n) is 1.92. The van der Waals surface area contributed by atoms with E-state index in [0.29, 0.717) is 19.6 Å². The highest BCUT2D eigenvalue weighted by atomic mass is 16.5. The maximum Gasteiger partial charge on any atom is 0.308 e. The van der Waals surface area contributed by atoms with Crippen LogP contribution in [0, 0.1) is 0 Å². The molecule has 4 nitrogen and oxygen atoms in total. The highest BCUT2D eigenvalue weighted by Gasteiger charge is 2.33. The van der Waals surface area contributed by atoms with Gasteiger partial charge in [-0.3, -0.25) is 4.79 Å². The molecular weight excluding hydrogens is 218 g/mol. The van der Waals surface area contributed by atoms with Gasteiger partial charge in [0.25, 0.3) is 0 Å². The fraction of sp³-hybridized carbons (Fsp3) is 0.462. The van der Waals surface area contributed by atoms with Crippen molar-refractivity contribution in [2.24, 2.45) is 0 Å². The van der Waals surface area contributed by atoms with Crippen LogP contribution in [0.3, 0.4) is 0 Å². The molecule has 1 atom stereocenters. The van der Waals surface area contributed by atoms with E-state index < -0.39 is 5.54 Å². The van der Waals surface area contributed by atoms with Gasteiger partial charge in [-0.15, -0.1) is 0 Å². The van der Waals surface area contributed by atoms with Gasteiger partial charge in [0.2, 0.25) is 0 Å². The van der Waals surface area contributed by atoms with Gasteiger partial charge < -0.3 is 14.8 Å². The highest BCUT2D eigenvalue weighted by molar-refractivity contribution is 5.72. The van der Waals surface area contributed by atoms with Gasteiger partial charge in [0, 0.05) is 0 Å². The third-order valence-electron chi connectivity index (χ3n) is 2.71. The Morgan fingerprint density at radius 3 is 3.06 bits per heavy atom. The average Bonchev–Trinajstić information content (AvgIpc) is 2.28. The standard InChI is InChI=1S/C13H17NO3/c1-3-16-12(15)8-13(2)9-17-11-7-5-4-6-10(11)14-13/h4-7,14H,3,8-9H2,1-2H3/t13-/m1/s1. The maximum absolute atomic E-state index is 11.5. The second-order valence-corrected chi connectivity index (χ2v) is 4.45. The molecule has 1 aliphatic heterocycles. The van der Waals surface area contributed by atoms with Crippen LogP contribution in [0.1, 0.15) is 20.3 Å². The summed E-state index contributed by atoms with van der Waals surface area (Å²) in [5, 5.41) is 3.34. The van der Waals surface area contributed by atoms with Crippen LogP contribution in [0.2, 0.25) is 0 Å². The lowest BCUT2D eigenvalue weighted by Gasteiger charge is -2.36. The van der Waals surface area contributed by atoms with Crippen molar-refractivity contribution in [3.05, 3.63) is 24.3 Å². The Morgan fingerprint density at radius 2 is 2.29 bits per heavy atom. The van der Waals surface area contributed by atoms with Gasteiger partial charge in [0.15, 0.2) is 0 Å². The van der Waals surface area contributed by atoms with Crippen LogP contribution in [0.15, 0.2) is 24.3 Å². The number of rotatable bonds is 3. The molecule has 1 aromatic rings. The van der Waals surface area contributed by atoms with Crippen molar-refractivity contribution in [2.75, 3.05) is 18.5 Å². The molecule has 0 amide bonds. The highest BCUT2D eigenvalue weighted by Crippen LogP contribution is 2.33. The van der Waals surface area contributed by atoms with E-state index in [9.17, 15) is 4.79 Å². The van der Waals surface area contributed by atoms with Crippen LogP contribution in [-0.4, -0.2) is 24.7 Å². The smallest absolute Gasteiger partial charge is 0.308 e. The van der Waals surface area contributed by atoms with E-state index in [2.05, 4.69) is 5.32 Å². The first-order chi connectivity index (χ1) is 8.13. The Hall–Kier alpha value is -1.71. The van der Waals surface area contributed by atoms with E-state index in [0.717, 1.165) is 11.4 Å². The van der Waals surface area contributed by atoms with Crippen LogP contribution < -0.4 is 10.1 Å². The molecule has 1 aromatic carbocycles. The van der Waals surface area contributed by atoms with Crippen molar-refractivity contribution >= 4 is 11.7 Å². The average molecular weight is 235 g/mol. The third kappa shape index (κ3) is 2.70. The third-order valence-corrected chi connectivity index (χ3v) is 2.71. The number of para-hydroxylation sites is 2. The molecule has 1 heterocycles. The maximum atomic E-state index is 11.5. The predicted octanol–water partition coefficient (Wildman–Crippen LogP) is 2.20. The second kappa shape index (κ2) is 4.65. The van der Waals surface area contributed by atoms with E-state index in [-0.39, 0.29) is 5.97 Å². The molecule has 0 saturated heterocycles. The molecule has 1 aliphatic rings. The van der Waals surface area contributed by atoms with Gasteiger partial charge in [-0.1, -0.05) is 12.1 Å². The molecule has 0 fully saturated rings. The number of nitrogens with one attached hydrogen (secondary N) is 1. The zero-order valence-corrected chi connectivity index (χ0v) is 10.2. The molecule has 1 N–H and O–H groups in total. The first-order valence-electron chi connectivity index (χ1n) is 5.78. The van der Waals surface area contributed by atoms with Crippen LogP contribution in [-0.2, 0) is 9.53 Å². The number of anilines is 1. The molecule has 17 heavy (non-hydrogen) atoms. The number of hydrogen-bond donors (Lipinski definition) is 1. The summed E-state index contributed by atoms with van der Waals surface area (Å²) in [5.74, 6) is 0.624. The fourth-order valence-corrected chi connectivity index (χ4v) is 1.92. The molecule has 4 heteroatoms. The summed E-state index contributed by atoms with van der Waals surface area (Å²) in [7, 11) is 0. The molecular formula is C13H17NO3. The summed E-state index contributed by atoms with van der Waals surface area (Å²) in [4.78, 5) is 11.5. The van der Waals surface area contributed by atoms with Crippen molar-refractivity contribution < 1.29 is 14.3 Å². The molecule has 0 unspecified atom stereocenters. The number of carbonyl (C=O) groups is 1. The van der Waals surface area contributed by atoms with Crippen LogP contribution >= 0.6 is 0 Å². The van der Waals surface area contributed by atoms with Gasteiger partial charge in [-0.25, -0.2) is 0 Å². The Bertz CT molecular complexity index is 419. The van der Waals surface area contributed by atoms with Crippen LogP contribution in [0.4, 0.5) is 5.69 Å². The van der Waals surface area contributed by atoms with Crippen LogP contribution in [0.25, 0.3) is 0 Å². The molecule has 0 radical (unpaired) electrons. The lowest BCUT2D eigenvalue weighted by Crippen LogP contribution is -2.46. The summed E-state index contributed by atoms with van der Waals surface area (Å²) in [6, 6.07) is 7.71. The zero-order valence-electron chi connectivity index (χ0n) is 10.2. The van der Waals surface area contributed by atoms with Crippen molar-refractivity contribution in [3.8, 4) is 5.75 Å². The molecule has 0 saturated carbocycles. The minimum atomic E-state index is -0.402. The number of esters is 1. The Kier molecular flexibility index (Phi) is 3.22. The Morgan fingerprint density at radius 1 is 1.53 bits per heavy atom. The molecule has 92 valence electrons. The lowest BCUT2D eigenvalue weighted by atomic mass is 9.97. The van der Waals surface area contributed by atoms with Gasteiger partial charge >= 0.3 is 5.97 Å². The number of fused-ring (bicyclic) bond motifs is 1. The predicted molar refractivity (Wildman–Crippen MR) is 65.2 cm³/mol. The molecule has 2 rings (SSSR count). The molecule has 0 spiro atoms. The Balaban J connectivity index is 2.07. The van der Waals surface area contributed by atoms with Crippen LogP contribution in [0.5, 0.6) is 5.75 Å². The van der Waals surface area contributed by atoms with E-state index in [4.69, 9.17) is 9.47 Å². The van der Waals surface area contributed by atoms with Crippen molar-refractivity contribution in [1.82, 2.24) is 0 Å². The normalized spacial score (nSPS) is 22.0. The number of ether oxygens (including phenoxy) is 2. The molecule has 0 bridgehead atoms. The summed E-state index contributed by atoms with van der Waals surface area (Å²) >= 11 is 0. The van der Waals surface area contributed by atoms with E-state index in [1.54, 1.807) is 6.92 Å². The van der Waals surface area contributed by atoms with Gasteiger partial charge in [-0.2, -0.15) is 0 Å².